The van der Waals surface area contributed by atoms with Crippen molar-refractivity contribution in [1.82, 2.24) is 5.32 Å². The van der Waals surface area contributed by atoms with Crippen LogP contribution in [0.25, 0.3) is 0 Å². The molecule has 0 heterocycles. The van der Waals surface area contributed by atoms with E-state index in [2.05, 4.69) is 5.32 Å². The summed E-state index contributed by atoms with van der Waals surface area (Å²) < 4.78 is 5.14. The summed E-state index contributed by atoms with van der Waals surface area (Å²) in [6.07, 6.45) is 0.774. The van der Waals surface area contributed by atoms with Crippen LogP contribution in [0.4, 0.5) is 0 Å². The van der Waals surface area contributed by atoms with Gasteiger partial charge >= 0.3 is 0 Å². The molecule has 0 aliphatic heterocycles. The molecule has 2 aromatic rings. The number of nitrogens with one attached hydrogen (secondary N) is 1. The molecule has 0 aliphatic rings. The third-order valence-corrected chi connectivity index (χ3v) is 3.49. The zero-order valence-corrected chi connectivity index (χ0v) is 12.7. The molecule has 22 heavy (non-hydrogen) atoms. The first-order valence-corrected chi connectivity index (χ1v) is 7.13. The van der Waals surface area contributed by atoms with Crippen LogP contribution in [0.15, 0.2) is 48.5 Å². The summed E-state index contributed by atoms with van der Waals surface area (Å²) in [5, 5.41) is 11.9. The summed E-state index contributed by atoms with van der Waals surface area (Å²) in [7, 11) is 1.62. The van der Waals surface area contributed by atoms with E-state index in [4.69, 9.17) is 10.00 Å². The predicted molar refractivity (Wildman–Crippen MR) is 84.6 cm³/mol. The SMILES string of the molecule is CCC(NC(=O)c1cccc(C#N)c1)c1ccc(OC)cc1. The average Bonchev–Trinajstić information content (AvgIpc) is 2.59. The lowest BCUT2D eigenvalue weighted by atomic mass is 10.0. The Morgan fingerprint density at radius 2 is 2.00 bits per heavy atom. The Labute approximate surface area is 130 Å². The Bertz CT molecular complexity index is 687. The van der Waals surface area contributed by atoms with Crippen molar-refractivity contribution in [2.24, 2.45) is 0 Å². The predicted octanol–water partition coefficient (Wildman–Crippen LogP) is 3.45. The second-order valence-electron chi connectivity index (χ2n) is 4.90. The maximum atomic E-state index is 12.3. The molecule has 2 rings (SSSR count). The number of nitrogens with zero attached hydrogens (tertiary/aromatic N) is 1. The topological polar surface area (TPSA) is 62.1 Å². The molecular formula is C18H18N2O2. The maximum Gasteiger partial charge on any atom is 0.251 e. The Morgan fingerprint density at radius 1 is 1.27 bits per heavy atom. The lowest BCUT2D eigenvalue weighted by molar-refractivity contribution is 0.0935. The lowest BCUT2D eigenvalue weighted by Gasteiger charge is -2.18. The van der Waals surface area contributed by atoms with Crippen molar-refractivity contribution in [2.75, 3.05) is 7.11 Å². The molecule has 2 aromatic carbocycles. The lowest BCUT2D eigenvalue weighted by Crippen LogP contribution is -2.28. The average molecular weight is 294 g/mol. The molecule has 4 nitrogen and oxygen atoms in total. The largest absolute Gasteiger partial charge is 0.497 e. The molecule has 0 saturated heterocycles. The summed E-state index contributed by atoms with van der Waals surface area (Å²) >= 11 is 0. The number of methoxy groups -OCH3 is 1. The molecule has 0 aromatic heterocycles. The quantitative estimate of drug-likeness (QED) is 0.918. The summed E-state index contributed by atoms with van der Waals surface area (Å²) in [6.45, 7) is 2.01. The Hall–Kier alpha value is -2.80. The summed E-state index contributed by atoms with van der Waals surface area (Å²) in [6, 6.07) is 16.3. The summed E-state index contributed by atoms with van der Waals surface area (Å²) in [5.41, 5.74) is 1.99. The van der Waals surface area contributed by atoms with Crippen molar-refractivity contribution >= 4 is 5.91 Å². The van der Waals surface area contributed by atoms with Crippen LogP contribution in [0.3, 0.4) is 0 Å². The van der Waals surface area contributed by atoms with Crippen LogP contribution < -0.4 is 10.1 Å². The van der Waals surface area contributed by atoms with Crippen LogP contribution in [0.2, 0.25) is 0 Å². The molecule has 1 atom stereocenters. The number of hydrogen-bond donors (Lipinski definition) is 1. The number of nitriles is 1. The molecule has 1 N–H and O–H groups in total. The minimum absolute atomic E-state index is 0.0795. The number of carbonyl (C=O) groups is 1. The van der Waals surface area contributed by atoms with Gasteiger partial charge in [0.25, 0.3) is 5.91 Å². The van der Waals surface area contributed by atoms with E-state index in [1.165, 1.54) is 0 Å². The highest BCUT2D eigenvalue weighted by Gasteiger charge is 2.14. The molecule has 0 radical (unpaired) electrons. The summed E-state index contributed by atoms with van der Waals surface area (Å²) in [5.74, 6) is 0.603. The fourth-order valence-corrected chi connectivity index (χ4v) is 2.23. The van der Waals surface area contributed by atoms with Crippen LogP contribution in [-0.4, -0.2) is 13.0 Å². The van der Waals surface area contributed by atoms with Crippen molar-refractivity contribution in [1.29, 1.82) is 5.26 Å². The molecule has 0 saturated carbocycles. The van der Waals surface area contributed by atoms with Crippen molar-refractivity contribution < 1.29 is 9.53 Å². The number of amides is 1. The number of hydrogen-bond acceptors (Lipinski definition) is 3. The van der Waals surface area contributed by atoms with E-state index in [0.29, 0.717) is 11.1 Å². The number of carbonyl (C=O) groups excluding carboxylic acids is 1. The standard InChI is InChI=1S/C18H18N2O2/c1-3-17(14-7-9-16(22-2)10-8-14)20-18(21)15-6-4-5-13(11-15)12-19/h4-11,17H,3H2,1-2H3,(H,20,21). The molecule has 0 aliphatic carbocycles. The minimum Gasteiger partial charge on any atom is -0.497 e. The van der Waals surface area contributed by atoms with Gasteiger partial charge in [-0.25, -0.2) is 0 Å². The molecule has 0 spiro atoms. The molecule has 0 bridgehead atoms. The highest BCUT2D eigenvalue weighted by molar-refractivity contribution is 5.94. The number of rotatable bonds is 5. The van der Waals surface area contributed by atoms with Gasteiger partial charge in [0.05, 0.1) is 24.8 Å². The molecule has 4 heteroatoms. The van der Waals surface area contributed by atoms with Crippen LogP contribution >= 0.6 is 0 Å². The first-order chi connectivity index (χ1) is 10.7. The van der Waals surface area contributed by atoms with Gasteiger partial charge < -0.3 is 10.1 Å². The van der Waals surface area contributed by atoms with Crippen LogP contribution in [0, 0.1) is 11.3 Å². The molecule has 112 valence electrons. The van der Waals surface area contributed by atoms with E-state index in [0.717, 1.165) is 17.7 Å². The van der Waals surface area contributed by atoms with Crippen molar-refractivity contribution in [3.8, 4) is 11.8 Å². The normalized spacial score (nSPS) is 11.3. The Kier molecular flexibility index (Phi) is 5.16. The van der Waals surface area contributed by atoms with Crippen molar-refractivity contribution in [3.05, 3.63) is 65.2 Å². The van der Waals surface area contributed by atoms with Gasteiger partial charge in [-0.3, -0.25) is 4.79 Å². The highest BCUT2D eigenvalue weighted by Crippen LogP contribution is 2.20. The van der Waals surface area contributed by atoms with E-state index in [1.807, 2.05) is 37.3 Å². The molecule has 0 fully saturated rings. The van der Waals surface area contributed by atoms with Gasteiger partial charge in [-0.1, -0.05) is 25.1 Å². The van der Waals surface area contributed by atoms with Gasteiger partial charge in [-0.15, -0.1) is 0 Å². The van der Waals surface area contributed by atoms with E-state index in [-0.39, 0.29) is 11.9 Å². The Balaban J connectivity index is 2.14. The second kappa shape index (κ2) is 7.28. The van der Waals surface area contributed by atoms with Crippen molar-refractivity contribution in [3.63, 3.8) is 0 Å². The smallest absolute Gasteiger partial charge is 0.251 e. The van der Waals surface area contributed by atoms with E-state index in [1.54, 1.807) is 31.4 Å². The number of ether oxygens (including phenoxy) is 1. The molecule has 1 amide bonds. The maximum absolute atomic E-state index is 12.3. The van der Waals surface area contributed by atoms with E-state index < -0.39 is 0 Å². The van der Waals surface area contributed by atoms with Crippen LogP contribution in [-0.2, 0) is 0 Å². The van der Waals surface area contributed by atoms with Crippen molar-refractivity contribution in [2.45, 2.75) is 19.4 Å². The van der Waals surface area contributed by atoms with Gasteiger partial charge in [0.2, 0.25) is 0 Å². The van der Waals surface area contributed by atoms with E-state index >= 15 is 0 Å². The Morgan fingerprint density at radius 3 is 2.59 bits per heavy atom. The van der Waals surface area contributed by atoms with Gasteiger partial charge in [-0.2, -0.15) is 5.26 Å². The zero-order valence-electron chi connectivity index (χ0n) is 12.7. The fourth-order valence-electron chi connectivity index (χ4n) is 2.23. The third kappa shape index (κ3) is 3.64. The third-order valence-electron chi connectivity index (χ3n) is 3.49. The summed E-state index contributed by atoms with van der Waals surface area (Å²) in [4.78, 5) is 12.3. The second-order valence-corrected chi connectivity index (χ2v) is 4.90. The van der Waals surface area contributed by atoms with E-state index in [9.17, 15) is 4.79 Å². The van der Waals surface area contributed by atoms with Gasteiger partial charge in [0.15, 0.2) is 0 Å². The molecule has 1 unspecified atom stereocenters. The van der Waals surface area contributed by atoms with Crippen LogP contribution in [0.5, 0.6) is 5.75 Å². The van der Waals surface area contributed by atoms with Gasteiger partial charge in [-0.05, 0) is 42.3 Å². The van der Waals surface area contributed by atoms with Crippen LogP contribution in [0.1, 0.15) is 40.9 Å². The first-order valence-electron chi connectivity index (χ1n) is 7.13. The minimum atomic E-state index is -0.181. The first kappa shape index (κ1) is 15.6. The molecular weight excluding hydrogens is 276 g/mol. The fraction of sp³-hybridized carbons (Fsp3) is 0.222. The highest BCUT2D eigenvalue weighted by atomic mass is 16.5. The van der Waals surface area contributed by atoms with Gasteiger partial charge in [0.1, 0.15) is 5.75 Å². The monoisotopic (exact) mass is 294 g/mol. The van der Waals surface area contributed by atoms with Gasteiger partial charge in [0, 0.05) is 5.56 Å². The zero-order chi connectivity index (χ0) is 15.9. The number of benzene rings is 2.